The first-order chi connectivity index (χ1) is 6.19. The summed E-state index contributed by atoms with van der Waals surface area (Å²) in [6, 6.07) is 3.80. The average molecular weight is 176 g/mol. The molecule has 0 unspecified atom stereocenters. The van der Waals surface area contributed by atoms with E-state index in [1.165, 1.54) is 0 Å². The van der Waals surface area contributed by atoms with Crippen LogP contribution in [0.5, 0.6) is 0 Å². The molecule has 0 fully saturated rings. The van der Waals surface area contributed by atoms with Crippen molar-refractivity contribution in [2.45, 2.75) is 6.42 Å². The maximum atomic E-state index is 8.67. The first-order valence-electron chi connectivity index (χ1n) is 3.63. The molecule has 0 aliphatic heterocycles. The van der Waals surface area contributed by atoms with Crippen LogP contribution in [0.15, 0.2) is 4.42 Å². The molecule has 0 aliphatic rings. The van der Waals surface area contributed by atoms with Gasteiger partial charge in [-0.2, -0.15) is 15.5 Å². The van der Waals surface area contributed by atoms with Gasteiger partial charge in [-0.1, -0.05) is 0 Å². The van der Waals surface area contributed by atoms with Crippen molar-refractivity contribution in [1.29, 1.82) is 10.5 Å². The second kappa shape index (κ2) is 3.59. The van der Waals surface area contributed by atoms with E-state index in [0.717, 1.165) is 0 Å². The molecule has 0 radical (unpaired) electrons. The van der Waals surface area contributed by atoms with Gasteiger partial charge in [0.15, 0.2) is 0 Å². The maximum absolute atomic E-state index is 8.67. The summed E-state index contributed by atoms with van der Waals surface area (Å²) in [6.45, 7) is 0. The summed E-state index contributed by atoms with van der Waals surface area (Å²) < 4.78 is 5.18. The van der Waals surface area contributed by atoms with Crippen LogP contribution in [-0.4, -0.2) is 19.1 Å². The van der Waals surface area contributed by atoms with Crippen LogP contribution in [0.25, 0.3) is 0 Å². The third kappa shape index (κ3) is 1.77. The number of nitrogens with zero attached hydrogens (tertiary/aromatic N) is 4. The molecule has 1 aromatic heterocycles. The molecule has 1 rings (SSSR count). The molecule has 1 heterocycles. The van der Waals surface area contributed by atoms with E-state index in [1.807, 2.05) is 12.1 Å². The molecule has 5 nitrogen and oxygen atoms in total. The molecule has 0 aliphatic carbocycles. The Kier molecular flexibility index (Phi) is 2.51. The first-order valence-corrected chi connectivity index (χ1v) is 3.63. The van der Waals surface area contributed by atoms with Crippen LogP contribution in [0.2, 0.25) is 0 Å². The highest BCUT2D eigenvalue weighted by molar-refractivity contribution is 5.46. The number of aromatic nitrogens is 1. The van der Waals surface area contributed by atoms with Gasteiger partial charge in [0, 0.05) is 14.1 Å². The van der Waals surface area contributed by atoms with Gasteiger partial charge in [0.25, 0.3) is 0 Å². The zero-order valence-corrected chi connectivity index (χ0v) is 7.40. The van der Waals surface area contributed by atoms with E-state index in [9.17, 15) is 0 Å². The minimum absolute atomic E-state index is 0.0858. The summed E-state index contributed by atoms with van der Waals surface area (Å²) in [5.74, 6) is 0.676. The fourth-order valence-corrected chi connectivity index (χ4v) is 0.874. The van der Waals surface area contributed by atoms with Gasteiger partial charge < -0.3 is 9.32 Å². The number of rotatable bonds is 2. The van der Waals surface area contributed by atoms with E-state index < -0.39 is 0 Å². The average Bonchev–Trinajstić information content (AvgIpc) is 2.48. The zero-order chi connectivity index (χ0) is 9.84. The van der Waals surface area contributed by atoms with E-state index in [2.05, 4.69) is 4.98 Å². The van der Waals surface area contributed by atoms with Crippen molar-refractivity contribution in [2.24, 2.45) is 0 Å². The molecule has 13 heavy (non-hydrogen) atoms. The molecule has 0 amide bonds. The monoisotopic (exact) mass is 176 g/mol. The highest BCUT2D eigenvalue weighted by Gasteiger charge is 2.13. The van der Waals surface area contributed by atoms with E-state index in [0.29, 0.717) is 5.88 Å². The lowest BCUT2D eigenvalue weighted by atomic mass is 10.4. The van der Waals surface area contributed by atoms with Crippen molar-refractivity contribution in [3.8, 4) is 12.1 Å². The van der Waals surface area contributed by atoms with Gasteiger partial charge in [-0.25, -0.2) is 0 Å². The first kappa shape index (κ1) is 9.08. The summed E-state index contributed by atoms with van der Waals surface area (Å²) in [5.41, 5.74) is 0.218. The Morgan fingerprint density at radius 3 is 2.54 bits per heavy atom. The zero-order valence-electron chi connectivity index (χ0n) is 7.40. The van der Waals surface area contributed by atoms with Crippen LogP contribution < -0.4 is 4.90 Å². The van der Waals surface area contributed by atoms with E-state index >= 15 is 0 Å². The maximum Gasteiger partial charge on any atom is 0.234 e. The molecule has 0 aromatic carbocycles. The van der Waals surface area contributed by atoms with Crippen molar-refractivity contribution in [3.05, 3.63) is 11.6 Å². The molecule has 0 atom stereocenters. The molecule has 5 heteroatoms. The Balaban J connectivity index is 3.08. The quantitative estimate of drug-likeness (QED) is 0.662. The second-order valence-electron chi connectivity index (χ2n) is 2.60. The predicted molar refractivity (Wildman–Crippen MR) is 44.9 cm³/mol. The lowest BCUT2D eigenvalue weighted by molar-refractivity contribution is 0.511. The molecular formula is C8H8N4O. The Morgan fingerprint density at radius 2 is 2.15 bits per heavy atom. The smallest absolute Gasteiger partial charge is 0.234 e. The van der Waals surface area contributed by atoms with Gasteiger partial charge in [0.2, 0.25) is 17.5 Å². The Labute approximate surface area is 75.8 Å². The minimum atomic E-state index is 0.0858. The van der Waals surface area contributed by atoms with Crippen LogP contribution in [0, 0.1) is 22.7 Å². The molecule has 0 N–H and O–H groups in total. The van der Waals surface area contributed by atoms with Gasteiger partial charge in [0.05, 0.1) is 6.07 Å². The van der Waals surface area contributed by atoms with E-state index in [4.69, 9.17) is 14.9 Å². The Hall–Kier alpha value is -2.01. The molecule has 0 saturated heterocycles. The van der Waals surface area contributed by atoms with Gasteiger partial charge >= 0.3 is 0 Å². The SMILES string of the molecule is CN(C)c1oc(CC#N)nc1C#N. The fraction of sp³-hybridized carbons (Fsp3) is 0.375. The topological polar surface area (TPSA) is 76.8 Å². The van der Waals surface area contributed by atoms with Crippen LogP contribution in [0.4, 0.5) is 5.88 Å². The lowest BCUT2D eigenvalue weighted by Gasteiger charge is -2.05. The standard InChI is InChI=1S/C8H8N4O/c1-12(2)8-6(5-10)11-7(13-8)3-4-9/h3H2,1-2H3. The fourth-order valence-electron chi connectivity index (χ4n) is 0.874. The highest BCUT2D eigenvalue weighted by atomic mass is 16.4. The molecule has 0 bridgehead atoms. The second-order valence-corrected chi connectivity index (χ2v) is 2.60. The van der Waals surface area contributed by atoms with E-state index in [1.54, 1.807) is 19.0 Å². The van der Waals surface area contributed by atoms with Crippen molar-refractivity contribution in [1.82, 2.24) is 4.98 Å². The Morgan fingerprint density at radius 1 is 1.46 bits per heavy atom. The van der Waals surface area contributed by atoms with Crippen molar-refractivity contribution < 1.29 is 4.42 Å². The molecule has 1 aromatic rings. The van der Waals surface area contributed by atoms with Crippen LogP contribution >= 0.6 is 0 Å². The van der Waals surface area contributed by atoms with Gasteiger partial charge in [-0.05, 0) is 0 Å². The van der Waals surface area contributed by atoms with Crippen molar-refractivity contribution >= 4 is 5.88 Å². The minimum Gasteiger partial charge on any atom is -0.423 e. The van der Waals surface area contributed by atoms with Gasteiger partial charge in [0.1, 0.15) is 12.5 Å². The number of nitriles is 2. The third-order valence-electron chi connectivity index (χ3n) is 1.40. The summed E-state index contributed by atoms with van der Waals surface area (Å²) >= 11 is 0. The van der Waals surface area contributed by atoms with Gasteiger partial charge in [-0.15, -0.1) is 0 Å². The summed E-state index contributed by atoms with van der Waals surface area (Å²) in [5, 5.41) is 17.1. The summed E-state index contributed by atoms with van der Waals surface area (Å²) in [4.78, 5) is 5.49. The van der Waals surface area contributed by atoms with Crippen LogP contribution in [0.3, 0.4) is 0 Å². The lowest BCUT2D eigenvalue weighted by Crippen LogP contribution is -2.08. The summed E-state index contributed by atoms with van der Waals surface area (Å²) in [7, 11) is 3.50. The molecule has 0 spiro atoms. The molecule has 0 saturated carbocycles. The van der Waals surface area contributed by atoms with Gasteiger partial charge in [-0.3, -0.25) is 0 Å². The highest BCUT2D eigenvalue weighted by Crippen LogP contribution is 2.18. The van der Waals surface area contributed by atoms with E-state index in [-0.39, 0.29) is 18.0 Å². The predicted octanol–water partition coefficient (Wildman–Crippen LogP) is 0.678. The number of hydrogen-bond donors (Lipinski definition) is 0. The largest absolute Gasteiger partial charge is 0.423 e. The van der Waals surface area contributed by atoms with Crippen molar-refractivity contribution in [2.75, 3.05) is 19.0 Å². The molecular weight excluding hydrogens is 168 g/mol. The third-order valence-corrected chi connectivity index (χ3v) is 1.40. The number of anilines is 1. The van der Waals surface area contributed by atoms with Crippen LogP contribution in [0.1, 0.15) is 11.6 Å². The Bertz CT molecular complexity index is 380. The number of hydrogen-bond acceptors (Lipinski definition) is 5. The van der Waals surface area contributed by atoms with Crippen LogP contribution in [-0.2, 0) is 6.42 Å². The van der Waals surface area contributed by atoms with Crippen molar-refractivity contribution in [3.63, 3.8) is 0 Å². The summed E-state index contributed by atoms with van der Waals surface area (Å²) in [6.07, 6.45) is 0.0858. The normalized spacial score (nSPS) is 8.92. The number of oxazole rings is 1. The molecule has 66 valence electrons.